The number of imide groups is 2. The number of halogens is 2. The second-order valence-corrected chi connectivity index (χ2v) is 6.58. The molecule has 3 rings (SSSR count). The number of urea groups is 1. The summed E-state index contributed by atoms with van der Waals surface area (Å²) < 4.78 is 0.899. The lowest BCUT2D eigenvalue weighted by Crippen LogP contribution is -2.66. The molecule has 0 atom stereocenters. The Morgan fingerprint density at radius 1 is 1.25 bits per heavy atom. The largest absolute Gasteiger partial charge is 0.335 e. The van der Waals surface area contributed by atoms with Gasteiger partial charge in [0.2, 0.25) is 5.91 Å². The Bertz CT molecular complexity index is 643. The molecule has 4 amide bonds. The second-order valence-electron chi connectivity index (χ2n) is 4.93. The van der Waals surface area contributed by atoms with Crippen molar-refractivity contribution in [3.05, 3.63) is 26.8 Å². The first-order valence-corrected chi connectivity index (χ1v) is 7.56. The Hall–Kier alpha value is -1.15. The van der Waals surface area contributed by atoms with Crippen molar-refractivity contribution < 1.29 is 14.4 Å². The number of carbonyl (C=O) groups excluding carboxylic acids is 3. The highest BCUT2D eigenvalue weighted by Crippen LogP contribution is 2.46. The first-order chi connectivity index (χ1) is 9.45. The Balaban J connectivity index is 2.05. The van der Waals surface area contributed by atoms with Crippen LogP contribution in [0.3, 0.4) is 0 Å². The lowest BCUT2D eigenvalue weighted by Gasteiger charge is -2.44. The number of carbonyl (C=O) groups is 3. The molecule has 1 saturated heterocycles. The maximum Gasteiger partial charge on any atom is 0.335 e. The molecule has 5 nitrogen and oxygen atoms in total. The predicted molar refractivity (Wildman–Crippen MR) is 81.5 cm³/mol. The van der Waals surface area contributed by atoms with Gasteiger partial charge in [0.1, 0.15) is 5.41 Å². The van der Waals surface area contributed by atoms with Crippen LogP contribution in [0.15, 0.2) is 18.2 Å². The van der Waals surface area contributed by atoms with Gasteiger partial charge in [-0.1, -0.05) is 18.0 Å². The van der Waals surface area contributed by atoms with E-state index in [4.69, 9.17) is 11.6 Å². The number of rotatable bonds is 1. The highest BCUT2D eigenvalue weighted by atomic mass is 127. The molecular formula is C13H10ClIN2O3. The fraction of sp³-hybridized carbons (Fsp3) is 0.308. The summed E-state index contributed by atoms with van der Waals surface area (Å²) in [5, 5.41) is 2.57. The molecular weight excluding hydrogens is 395 g/mol. The monoisotopic (exact) mass is 404 g/mol. The number of amides is 4. The van der Waals surface area contributed by atoms with Crippen LogP contribution >= 0.6 is 34.2 Å². The summed E-state index contributed by atoms with van der Waals surface area (Å²) in [5.41, 5.74) is -0.770. The van der Waals surface area contributed by atoms with Crippen molar-refractivity contribution in [3.8, 4) is 0 Å². The van der Waals surface area contributed by atoms with Gasteiger partial charge in [0.25, 0.3) is 5.91 Å². The van der Waals surface area contributed by atoms with E-state index in [0.29, 0.717) is 23.6 Å². The average Bonchev–Trinajstić information content (AvgIpc) is 2.29. The van der Waals surface area contributed by atoms with E-state index in [9.17, 15) is 14.4 Å². The molecule has 104 valence electrons. The molecule has 1 aliphatic heterocycles. The molecule has 20 heavy (non-hydrogen) atoms. The third kappa shape index (κ3) is 1.85. The van der Waals surface area contributed by atoms with Crippen LogP contribution in [0.1, 0.15) is 19.3 Å². The summed E-state index contributed by atoms with van der Waals surface area (Å²) in [6.07, 6.45) is 1.76. The highest BCUT2D eigenvalue weighted by molar-refractivity contribution is 14.1. The fourth-order valence-electron chi connectivity index (χ4n) is 2.53. The first-order valence-electron chi connectivity index (χ1n) is 6.11. The lowest BCUT2D eigenvalue weighted by molar-refractivity contribution is -0.148. The molecule has 1 aliphatic carbocycles. The molecule has 0 unspecified atom stereocenters. The van der Waals surface area contributed by atoms with Gasteiger partial charge in [-0.3, -0.25) is 14.9 Å². The van der Waals surface area contributed by atoms with Gasteiger partial charge in [-0.25, -0.2) is 9.69 Å². The molecule has 1 saturated carbocycles. The van der Waals surface area contributed by atoms with Crippen LogP contribution in [0.2, 0.25) is 5.02 Å². The number of barbiturate groups is 1. The third-order valence-electron chi connectivity index (χ3n) is 3.83. The Labute approximate surface area is 133 Å². The van der Waals surface area contributed by atoms with E-state index in [1.807, 2.05) is 0 Å². The maximum absolute atomic E-state index is 12.6. The fourth-order valence-corrected chi connectivity index (χ4v) is 3.47. The van der Waals surface area contributed by atoms with E-state index in [1.165, 1.54) is 0 Å². The van der Waals surface area contributed by atoms with E-state index in [1.54, 1.807) is 18.2 Å². The molecule has 2 aliphatic rings. The number of nitrogens with zero attached hydrogens (tertiary/aromatic N) is 1. The van der Waals surface area contributed by atoms with E-state index in [0.717, 1.165) is 14.9 Å². The molecule has 1 aromatic rings. The highest BCUT2D eigenvalue weighted by Gasteiger charge is 2.57. The van der Waals surface area contributed by atoms with E-state index < -0.39 is 23.3 Å². The normalized spacial score (nSPS) is 20.9. The lowest BCUT2D eigenvalue weighted by atomic mass is 9.66. The number of anilines is 1. The van der Waals surface area contributed by atoms with E-state index in [-0.39, 0.29) is 0 Å². The van der Waals surface area contributed by atoms with Crippen LogP contribution in [-0.4, -0.2) is 17.8 Å². The number of hydrogen-bond donors (Lipinski definition) is 1. The van der Waals surface area contributed by atoms with Crippen molar-refractivity contribution in [2.45, 2.75) is 19.3 Å². The van der Waals surface area contributed by atoms with Gasteiger partial charge in [-0.15, -0.1) is 0 Å². The summed E-state index contributed by atoms with van der Waals surface area (Å²) in [4.78, 5) is 37.5. The third-order valence-corrected chi connectivity index (χ3v) is 4.80. The van der Waals surface area contributed by atoms with Crippen LogP contribution < -0.4 is 10.2 Å². The second kappa shape index (κ2) is 4.70. The molecule has 0 radical (unpaired) electrons. The van der Waals surface area contributed by atoms with Gasteiger partial charge in [0, 0.05) is 3.57 Å². The summed E-state index contributed by atoms with van der Waals surface area (Å²) in [7, 11) is 0. The smallest absolute Gasteiger partial charge is 0.276 e. The minimum absolute atomic E-state index is 0.309. The van der Waals surface area contributed by atoms with Gasteiger partial charge in [0.15, 0.2) is 0 Å². The predicted octanol–water partition coefficient (Wildman–Crippen LogP) is 2.70. The van der Waals surface area contributed by atoms with Crippen LogP contribution in [0, 0.1) is 8.99 Å². The van der Waals surface area contributed by atoms with Gasteiger partial charge >= 0.3 is 6.03 Å². The topological polar surface area (TPSA) is 66.5 Å². The van der Waals surface area contributed by atoms with Crippen molar-refractivity contribution >= 4 is 57.7 Å². The number of benzene rings is 1. The molecule has 0 aromatic heterocycles. The summed E-state index contributed by atoms with van der Waals surface area (Å²) >= 11 is 8.21. The van der Waals surface area contributed by atoms with Crippen LogP contribution in [-0.2, 0) is 9.59 Å². The first kappa shape index (κ1) is 13.8. The van der Waals surface area contributed by atoms with Crippen molar-refractivity contribution in [1.29, 1.82) is 0 Å². The minimum Gasteiger partial charge on any atom is -0.276 e. The summed E-state index contributed by atoms with van der Waals surface area (Å²) in [5.74, 6) is -0.961. The van der Waals surface area contributed by atoms with Crippen LogP contribution in [0.25, 0.3) is 0 Å². The minimum atomic E-state index is -1.08. The molecule has 1 heterocycles. The average molecular weight is 405 g/mol. The number of nitrogens with one attached hydrogen (secondary N) is 1. The van der Waals surface area contributed by atoms with Crippen molar-refractivity contribution in [2.24, 2.45) is 5.41 Å². The quantitative estimate of drug-likeness (QED) is 0.578. The Kier molecular flexibility index (Phi) is 3.24. The van der Waals surface area contributed by atoms with Gasteiger partial charge in [-0.2, -0.15) is 0 Å². The zero-order chi connectivity index (χ0) is 14.5. The maximum atomic E-state index is 12.6. The molecule has 1 N–H and O–H groups in total. The zero-order valence-electron chi connectivity index (χ0n) is 10.3. The van der Waals surface area contributed by atoms with Crippen molar-refractivity contribution in [1.82, 2.24) is 5.32 Å². The standard InChI is InChI=1S/C13H10ClIN2O3/c14-8-6-7(15)2-3-9(8)17-11(19)13(4-1-5-13)10(18)16-12(17)20/h2-3,6H,1,4-5H2,(H,16,18,20). The molecule has 7 heteroatoms. The van der Waals surface area contributed by atoms with E-state index in [2.05, 4.69) is 27.9 Å². The van der Waals surface area contributed by atoms with Crippen LogP contribution in [0.5, 0.6) is 0 Å². The Morgan fingerprint density at radius 2 is 1.95 bits per heavy atom. The number of hydrogen-bond acceptors (Lipinski definition) is 3. The SMILES string of the molecule is O=C1NC(=O)C2(CCC2)C(=O)N1c1ccc(I)cc1Cl. The molecule has 1 aromatic carbocycles. The van der Waals surface area contributed by atoms with Gasteiger partial charge in [0.05, 0.1) is 10.7 Å². The van der Waals surface area contributed by atoms with Crippen LogP contribution in [0.4, 0.5) is 10.5 Å². The van der Waals surface area contributed by atoms with Gasteiger partial charge in [-0.05, 0) is 53.6 Å². The zero-order valence-corrected chi connectivity index (χ0v) is 13.2. The molecule has 2 fully saturated rings. The van der Waals surface area contributed by atoms with E-state index >= 15 is 0 Å². The van der Waals surface area contributed by atoms with Crippen molar-refractivity contribution in [2.75, 3.05) is 4.90 Å². The van der Waals surface area contributed by atoms with Gasteiger partial charge < -0.3 is 0 Å². The Morgan fingerprint density at radius 3 is 2.50 bits per heavy atom. The summed E-state index contributed by atoms with van der Waals surface area (Å²) in [6.45, 7) is 0. The summed E-state index contributed by atoms with van der Waals surface area (Å²) in [6, 6.07) is 4.30. The molecule has 0 bridgehead atoms. The van der Waals surface area contributed by atoms with Crippen molar-refractivity contribution in [3.63, 3.8) is 0 Å². The molecule has 1 spiro atoms.